The molecular weight excluding hydrogens is 286 g/mol. The molecule has 1 amide bonds. The second-order valence-electron chi connectivity index (χ2n) is 5.03. The van der Waals surface area contributed by atoms with E-state index < -0.39 is 11.9 Å². The molecule has 0 saturated carbocycles. The van der Waals surface area contributed by atoms with Crippen molar-refractivity contribution in [2.24, 2.45) is 0 Å². The largest absolute Gasteiger partial charge is 0.467 e. The van der Waals surface area contributed by atoms with Crippen molar-refractivity contribution in [3.63, 3.8) is 0 Å². The van der Waals surface area contributed by atoms with Gasteiger partial charge in [0.15, 0.2) is 6.61 Å². The fraction of sp³-hybridized carbons (Fsp3) is 0.400. The summed E-state index contributed by atoms with van der Waals surface area (Å²) in [7, 11) is 0. The van der Waals surface area contributed by atoms with Crippen LogP contribution in [0, 0.1) is 13.8 Å². The van der Waals surface area contributed by atoms with Crippen molar-refractivity contribution in [3.8, 4) is 0 Å². The summed E-state index contributed by atoms with van der Waals surface area (Å²) >= 11 is 0. The quantitative estimate of drug-likeness (QED) is 0.790. The van der Waals surface area contributed by atoms with Gasteiger partial charge in [-0.25, -0.2) is 0 Å². The van der Waals surface area contributed by atoms with Crippen LogP contribution >= 0.6 is 0 Å². The molecule has 22 heavy (non-hydrogen) atoms. The summed E-state index contributed by atoms with van der Waals surface area (Å²) in [5.41, 5.74) is 2.38. The van der Waals surface area contributed by atoms with Gasteiger partial charge in [-0.3, -0.25) is 14.7 Å². The van der Waals surface area contributed by atoms with Gasteiger partial charge in [-0.2, -0.15) is 5.10 Å². The van der Waals surface area contributed by atoms with E-state index in [0.717, 1.165) is 17.0 Å². The van der Waals surface area contributed by atoms with Crippen LogP contribution < -0.4 is 5.32 Å². The SMILES string of the molecule is Cc1n[nH]c(C)c1[C@@H](C)C(=O)OCC(=O)NCc1ccco1. The van der Waals surface area contributed by atoms with Gasteiger partial charge in [-0.1, -0.05) is 0 Å². The van der Waals surface area contributed by atoms with Gasteiger partial charge < -0.3 is 14.5 Å². The molecule has 0 saturated heterocycles. The Morgan fingerprint density at radius 1 is 1.45 bits per heavy atom. The van der Waals surface area contributed by atoms with Crippen molar-refractivity contribution in [3.05, 3.63) is 41.1 Å². The standard InChI is InChI=1S/C15H19N3O4/c1-9(14-10(2)17-18-11(14)3)15(20)22-8-13(19)16-7-12-5-4-6-21-12/h4-6,9H,7-8H2,1-3H3,(H,16,19)(H,17,18)/t9-/m1/s1. The van der Waals surface area contributed by atoms with Crippen LogP contribution in [0.3, 0.4) is 0 Å². The summed E-state index contributed by atoms with van der Waals surface area (Å²) in [5.74, 6) is -0.673. The zero-order valence-electron chi connectivity index (χ0n) is 12.8. The van der Waals surface area contributed by atoms with Gasteiger partial charge in [0.1, 0.15) is 5.76 Å². The Balaban J connectivity index is 1.80. The molecule has 7 heteroatoms. The average Bonchev–Trinajstić information content (AvgIpc) is 3.12. The van der Waals surface area contributed by atoms with E-state index in [-0.39, 0.29) is 19.1 Å². The maximum absolute atomic E-state index is 12.0. The lowest BCUT2D eigenvalue weighted by atomic mass is 9.99. The second-order valence-corrected chi connectivity index (χ2v) is 5.03. The molecule has 0 unspecified atom stereocenters. The van der Waals surface area contributed by atoms with E-state index in [0.29, 0.717) is 5.76 Å². The first kappa shape index (κ1) is 15.8. The van der Waals surface area contributed by atoms with E-state index in [9.17, 15) is 9.59 Å². The Kier molecular flexibility index (Phi) is 4.98. The number of H-pyrrole nitrogens is 1. The summed E-state index contributed by atoms with van der Waals surface area (Å²) < 4.78 is 10.1. The van der Waals surface area contributed by atoms with E-state index in [1.54, 1.807) is 19.1 Å². The molecule has 0 aliphatic heterocycles. The number of hydrogen-bond acceptors (Lipinski definition) is 5. The van der Waals surface area contributed by atoms with Gasteiger partial charge in [0.05, 0.1) is 24.4 Å². The number of aryl methyl sites for hydroxylation is 2. The van der Waals surface area contributed by atoms with Crippen molar-refractivity contribution < 1.29 is 18.7 Å². The monoisotopic (exact) mass is 305 g/mol. The molecule has 0 fully saturated rings. The van der Waals surface area contributed by atoms with Crippen molar-refractivity contribution in [1.29, 1.82) is 0 Å². The highest BCUT2D eigenvalue weighted by atomic mass is 16.5. The Bertz CT molecular complexity index is 626. The normalized spacial score (nSPS) is 12.0. The molecule has 0 aromatic carbocycles. The number of aromatic amines is 1. The third-order valence-corrected chi connectivity index (χ3v) is 3.36. The summed E-state index contributed by atoms with van der Waals surface area (Å²) in [6, 6.07) is 3.48. The van der Waals surface area contributed by atoms with Crippen molar-refractivity contribution in [2.75, 3.05) is 6.61 Å². The molecular formula is C15H19N3O4. The maximum atomic E-state index is 12.0. The smallest absolute Gasteiger partial charge is 0.313 e. The topological polar surface area (TPSA) is 97.2 Å². The molecule has 2 aromatic heterocycles. The fourth-order valence-electron chi connectivity index (χ4n) is 2.23. The van der Waals surface area contributed by atoms with Crippen LogP contribution in [0.4, 0.5) is 0 Å². The molecule has 2 N–H and O–H groups in total. The second kappa shape index (κ2) is 6.93. The third-order valence-electron chi connectivity index (χ3n) is 3.36. The zero-order valence-corrected chi connectivity index (χ0v) is 12.8. The number of furan rings is 1. The molecule has 0 bridgehead atoms. The first-order valence-corrected chi connectivity index (χ1v) is 6.96. The average molecular weight is 305 g/mol. The molecule has 0 aliphatic rings. The van der Waals surface area contributed by atoms with Crippen LogP contribution in [0.5, 0.6) is 0 Å². The summed E-state index contributed by atoms with van der Waals surface area (Å²) in [4.78, 5) is 23.7. The van der Waals surface area contributed by atoms with Gasteiger partial charge >= 0.3 is 5.97 Å². The van der Waals surface area contributed by atoms with E-state index in [1.165, 1.54) is 6.26 Å². The molecule has 118 valence electrons. The van der Waals surface area contributed by atoms with E-state index in [2.05, 4.69) is 15.5 Å². The highest BCUT2D eigenvalue weighted by molar-refractivity contribution is 5.83. The third kappa shape index (κ3) is 3.75. The zero-order chi connectivity index (χ0) is 16.1. The first-order valence-electron chi connectivity index (χ1n) is 6.96. The predicted molar refractivity (Wildman–Crippen MR) is 78.0 cm³/mol. The Hall–Kier alpha value is -2.57. The number of hydrogen-bond donors (Lipinski definition) is 2. The Labute approximate surface area is 128 Å². The van der Waals surface area contributed by atoms with E-state index in [1.807, 2.05) is 13.8 Å². The number of ether oxygens (including phenoxy) is 1. The van der Waals surface area contributed by atoms with Crippen LogP contribution in [-0.4, -0.2) is 28.7 Å². The summed E-state index contributed by atoms with van der Waals surface area (Å²) in [6.07, 6.45) is 1.53. The number of nitrogens with one attached hydrogen (secondary N) is 2. The molecule has 2 heterocycles. The Morgan fingerprint density at radius 2 is 2.23 bits per heavy atom. The van der Waals surface area contributed by atoms with E-state index >= 15 is 0 Å². The highest BCUT2D eigenvalue weighted by Crippen LogP contribution is 2.22. The molecule has 0 radical (unpaired) electrons. The number of esters is 1. The summed E-state index contributed by atoms with van der Waals surface area (Å²) in [5, 5.41) is 9.48. The van der Waals surface area contributed by atoms with Gasteiger partial charge in [0, 0.05) is 11.3 Å². The number of rotatable bonds is 6. The first-order chi connectivity index (χ1) is 10.5. The lowest BCUT2D eigenvalue weighted by Gasteiger charge is -2.12. The van der Waals surface area contributed by atoms with E-state index in [4.69, 9.17) is 9.15 Å². The minimum absolute atomic E-state index is 0.263. The molecule has 0 spiro atoms. The molecule has 2 rings (SSSR count). The highest BCUT2D eigenvalue weighted by Gasteiger charge is 2.23. The lowest BCUT2D eigenvalue weighted by molar-refractivity contribution is -0.149. The van der Waals surface area contributed by atoms with Gasteiger partial charge in [-0.05, 0) is 32.9 Å². The molecule has 0 aliphatic carbocycles. The Morgan fingerprint density at radius 3 is 2.82 bits per heavy atom. The molecule has 7 nitrogen and oxygen atoms in total. The van der Waals surface area contributed by atoms with Crippen molar-refractivity contribution in [2.45, 2.75) is 33.2 Å². The van der Waals surface area contributed by atoms with Crippen molar-refractivity contribution in [1.82, 2.24) is 15.5 Å². The number of carbonyl (C=O) groups is 2. The number of amides is 1. The number of carbonyl (C=O) groups excluding carboxylic acids is 2. The summed E-state index contributed by atoms with van der Waals surface area (Å²) in [6.45, 7) is 5.33. The maximum Gasteiger partial charge on any atom is 0.313 e. The minimum Gasteiger partial charge on any atom is -0.467 e. The lowest BCUT2D eigenvalue weighted by Crippen LogP contribution is -2.29. The molecule has 2 aromatic rings. The minimum atomic E-state index is -0.475. The predicted octanol–water partition coefficient (Wildman–Crippen LogP) is 1.58. The van der Waals surface area contributed by atoms with Gasteiger partial charge in [-0.15, -0.1) is 0 Å². The number of aromatic nitrogens is 2. The van der Waals surface area contributed by atoms with Crippen LogP contribution in [0.1, 0.15) is 35.6 Å². The number of nitrogens with zero attached hydrogens (tertiary/aromatic N) is 1. The van der Waals surface area contributed by atoms with Gasteiger partial charge in [0.25, 0.3) is 5.91 Å². The van der Waals surface area contributed by atoms with Crippen LogP contribution in [-0.2, 0) is 20.9 Å². The van der Waals surface area contributed by atoms with Crippen molar-refractivity contribution >= 4 is 11.9 Å². The van der Waals surface area contributed by atoms with Crippen LogP contribution in [0.15, 0.2) is 22.8 Å². The van der Waals surface area contributed by atoms with Gasteiger partial charge in [0.2, 0.25) is 0 Å². The van der Waals surface area contributed by atoms with Crippen LogP contribution in [0.2, 0.25) is 0 Å². The molecule has 1 atom stereocenters. The fourth-order valence-corrected chi connectivity index (χ4v) is 2.23. The van der Waals surface area contributed by atoms with Crippen LogP contribution in [0.25, 0.3) is 0 Å².